The van der Waals surface area contributed by atoms with Crippen LogP contribution in [0.3, 0.4) is 0 Å². The van der Waals surface area contributed by atoms with Crippen LogP contribution >= 0.6 is 0 Å². The van der Waals surface area contributed by atoms with Crippen molar-refractivity contribution in [2.75, 3.05) is 13.7 Å². The molecule has 1 fully saturated rings. The summed E-state index contributed by atoms with van der Waals surface area (Å²) in [4.78, 5) is 26.7. The van der Waals surface area contributed by atoms with Crippen molar-refractivity contribution in [3.63, 3.8) is 0 Å². The van der Waals surface area contributed by atoms with Gasteiger partial charge in [0.05, 0.1) is 12.6 Å². The summed E-state index contributed by atoms with van der Waals surface area (Å²) in [7, 11) is -3.59. The molecule has 0 bridgehead atoms. The molecule has 0 amide bonds. The van der Waals surface area contributed by atoms with Gasteiger partial charge >= 0.3 is 5.69 Å². The lowest BCUT2D eigenvalue weighted by atomic mass is 10.1. The van der Waals surface area contributed by atoms with Crippen LogP contribution < -0.4 is 21.6 Å². The molecule has 0 saturated carbocycles. The third-order valence-corrected chi connectivity index (χ3v) is 18.3. The molecule has 11 heteroatoms. The Morgan fingerprint density at radius 1 is 0.907 bits per heavy atom. The topological polar surface area (TPSA) is 85.8 Å². The van der Waals surface area contributed by atoms with Crippen molar-refractivity contribution in [2.24, 2.45) is 0 Å². The van der Waals surface area contributed by atoms with E-state index in [1.165, 1.54) is 12.3 Å². The van der Waals surface area contributed by atoms with Crippen LogP contribution in [0, 0.1) is 0 Å². The Morgan fingerprint density at radius 3 is 1.91 bits per heavy atom. The Hall–Kier alpha value is -2.68. The molecule has 1 aliphatic rings. The zero-order valence-electron chi connectivity index (χ0n) is 26.8. The number of benzene rings is 2. The fraction of sp³-hybridized carbons (Fsp3) is 0.500. The van der Waals surface area contributed by atoms with Crippen molar-refractivity contribution >= 4 is 27.0 Å². The summed E-state index contributed by atoms with van der Waals surface area (Å²) >= 11 is 0. The molecule has 234 valence electrons. The summed E-state index contributed by atoms with van der Waals surface area (Å²) in [5.41, 5.74) is -1.29. The van der Waals surface area contributed by atoms with Gasteiger partial charge in [0, 0.05) is 19.3 Å². The Bertz CT molecular complexity index is 1450. The molecule has 4 atom stereocenters. The van der Waals surface area contributed by atoms with Crippen LogP contribution in [0.2, 0.25) is 23.2 Å². The van der Waals surface area contributed by atoms with E-state index in [0.717, 1.165) is 14.9 Å². The van der Waals surface area contributed by atoms with E-state index in [1.807, 2.05) is 36.4 Å². The quantitative estimate of drug-likeness (QED) is 0.276. The number of H-pyrrole nitrogens is 1. The van der Waals surface area contributed by atoms with Gasteiger partial charge in [0.1, 0.15) is 6.10 Å². The zero-order chi connectivity index (χ0) is 31.8. The Morgan fingerprint density at radius 2 is 1.44 bits per heavy atom. The third-order valence-electron chi connectivity index (χ3n) is 8.90. The summed E-state index contributed by atoms with van der Waals surface area (Å²) in [6, 6.07) is 20.7. The smallest absolute Gasteiger partial charge is 0.330 e. The normalized spacial score (nSPS) is 21.8. The summed E-state index contributed by atoms with van der Waals surface area (Å²) in [6.07, 6.45) is -2.43. The predicted octanol–water partition coefficient (Wildman–Crippen LogP) is 4.59. The average molecular weight is 628 g/mol. The van der Waals surface area contributed by atoms with E-state index in [4.69, 9.17) is 13.7 Å². The van der Waals surface area contributed by atoms with Crippen molar-refractivity contribution in [3.05, 3.63) is 93.8 Å². The van der Waals surface area contributed by atoms with Crippen molar-refractivity contribution < 1.29 is 18.1 Å². The second kappa shape index (κ2) is 12.4. The molecule has 1 aliphatic heterocycles. The van der Waals surface area contributed by atoms with Gasteiger partial charge in [-0.15, -0.1) is 0 Å². The van der Waals surface area contributed by atoms with Crippen LogP contribution in [-0.4, -0.2) is 63.2 Å². The van der Waals surface area contributed by atoms with Gasteiger partial charge in [-0.05, 0) is 33.5 Å². The summed E-state index contributed by atoms with van der Waals surface area (Å²) in [6.45, 7) is 17.2. The predicted molar refractivity (Wildman–Crippen MR) is 174 cm³/mol. The fourth-order valence-corrected chi connectivity index (χ4v) is 11.3. The lowest BCUT2D eigenvalue weighted by molar-refractivity contribution is -0.119. The number of rotatable bonds is 9. The zero-order valence-corrected chi connectivity index (χ0v) is 28.8. The van der Waals surface area contributed by atoms with E-state index in [1.54, 1.807) is 12.1 Å². The van der Waals surface area contributed by atoms with E-state index < -0.39 is 52.4 Å². The fourth-order valence-electron chi connectivity index (χ4n) is 5.65. The van der Waals surface area contributed by atoms with Crippen molar-refractivity contribution in [3.8, 4) is 0 Å². The highest BCUT2D eigenvalue weighted by Crippen LogP contribution is 2.41. The minimum Gasteiger partial charge on any atom is -0.405 e. The second-order valence-electron chi connectivity index (χ2n) is 13.9. The number of nitrogens with zero attached hydrogens (tertiary/aromatic N) is 2. The van der Waals surface area contributed by atoms with Gasteiger partial charge in [0.2, 0.25) is 8.32 Å². The molecule has 0 spiro atoms. The maximum atomic E-state index is 16.6. The number of hydrogen-bond donors (Lipinski definition) is 1. The lowest BCUT2D eigenvalue weighted by Crippen LogP contribution is -2.67. The van der Waals surface area contributed by atoms with E-state index in [-0.39, 0.29) is 16.7 Å². The van der Waals surface area contributed by atoms with Crippen LogP contribution in [0.15, 0.2) is 82.5 Å². The number of aromatic nitrogens is 2. The standard InChI is InChI=1S/C32H46FN3O5Si2/c1-31(2,3)42(8,9)41-35(7)28-25(40-29(27(28)33)36-21-20-26(37)34-30(36)38)22-39-43(32(4,5)6,23-16-12-10-13-17-23)24-18-14-11-15-19-24/h10-21,25,27-29H,22H2,1-9H3,(H,34,37,38)/t25-,27+,28-,29?/m1/s1. The molecule has 1 aromatic heterocycles. The molecule has 8 nitrogen and oxygen atoms in total. The maximum absolute atomic E-state index is 16.6. The highest BCUT2D eigenvalue weighted by Gasteiger charge is 2.54. The third kappa shape index (κ3) is 6.57. The van der Waals surface area contributed by atoms with Crippen LogP contribution in [0.1, 0.15) is 47.8 Å². The van der Waals surface area contributed by atoms with Crippen LogP contribution in [-0.2, 0) is 13.7 Å². The van der Waals surface area contributed by atoms with Crippen LogP contribution in [0.4, 0.5) is 4.39 Å². The van der Waals surface area contributed by atoms with Crippen LogP contribution in [0.5, 0.6) is 0 Å². The van der Waals surface area contributed by atoms with Gasteiger partial charge in [-0.1, -0.05) is 102 Å². The Labute approximate surface area is 256 Å². The molecule has 3 aromatic rings. The maximum Gasteiger partial charge on any atom is 0.330 e. The first-order chi connectivity index (χ1) is 20.0. The van der Waals surface area contributed by atoms with Gasteiger partial charge in [0.25, 0.3) is 13.9 Å². The molecule has 2 aromatic carbocycles. The molecule has 43 heavy (non-hydrogen) atoms. The van der Waals surface area contributed by atoms with E-state index in [9.17, 15) is 9.59 Å². The van der Waals surface area contributed by atoms with Crippen molar-refractivity contribution in [1.82, 2.24) is 14.6 Å². The number of hydroxylamine groups is 2. The Balaban J connectivity index is 1.78. The molecule has 1 unspecified atom stereocenters. The molecular weight excluding hydrogens is 582 g/mol. The Kier molecular flexibility index (Phi) is 9.56. The molecule has 4 rings (SSSR count). The number of alkyl halides is 1. The molecule has 0 aliphatic carbocycles. The highest BCUT2D eigenvalue weighted by atomic mass is 28.4. The first kappa shape index (κ1) is 33.2. The van der Waals surface area contributed by atoms with Gasteiger partial charge < -0.3 is 13.7 Å². The molecule has 1 N–H and O–H groups in total. The molecule has 2 heterocycles. The number of hydrogen-bond acceptors (Lipinski definition) is 6. The monoisotopic (exact) mass is 627 g/mol. The number of likely N-dealkylation sites (N-methyl/N-ethyl adjacent to an activating group) is 1. The first-order valence-corrected chi connectivity index (χ1v) is 19.6. The highest BCUT2D eigenvalue weighted by molar-refractivity contribution is 6.99. The van der Waals surface area contributed by atoms with Crippen molar-refractivity contribution in [2.45, 2.75) is 89.3 Å². The molecular formula is C32H46FN3O5Si2. The molecule has 0 radical (unpaired) electrons. The minimum atomic E-state index is -2.97. The number of halogens is 1. The average Bonchev–Trinajstić information content (AvgIpc) is 3.24. The van der Waals surface area contributed by atoms with Crippen LogP contribution in [0.25, 0.3) is 0 Å². The second-order valence-corrected chi connectivity index (χ2v) is 22.9. The van der Waals surface area contributed by atoms with E-state index in [0.29, 0.717) is 0 Å². The van der Waals surface area contributed by atoms with E-state index >= 15 is 4.39 Å². The SMILES string of the molecule is CN(O[Si](C)(C)C(C)(C)C)[C@H]1[C@H](F)C(n2ccc(=O)[nH]c2=O)O[C@@H]1CO[Si](c1ccccc1)(c1ccccc1)C(C)(C)C. The van der Waals surface area contributed by atoms with Gasteiger partial charge in [0.15, 0.2) is 12.4 Å². The summed E-state index contributed by atoms with van der Waals surface area (Å²) < 4.78 is 37.7. The molecule has 1 saturated heterocycles. The minimum absolute atomic E-state index is 0.0676. The number of aromatic amines is 1. The number of nitrogens with one attached hydrogen (secondary N) is 1. The summed E-state index contributed by atoms with van der Waals surface area (Å²) in [5, 5.41) is 3.36. The van der Waals surface area contributed by atoms with Gasteiger partial charge in [-0.2, -0.15) is 5.06 Å². The van der Waals surface area contributed by atoms with Crippen molar-refractivity contribution in [1.29, 1.82) is 0 Å². The number of ether oxygens (including phenoxy) is 1. The van der Waals surface area contributed by atoms with Gasteiger partial charge in [-0.25, -0.2) is 9.18 Å². The summed E-state index contributed by atoms with van der Waals surface area (Å²) in [5.74, 6) is 0. The lowest BCUT2D eigenvalue weighted by Gasteiger charge is -2.44. The van der Waals surface area contributed by atoms with E-state index in [2.05, 4.69) is 83.9 Å². The first-order valence-electron chi connectivity index (χ1n) is 14.8. The largest absolute Gasteiger partial charge is 0.405 e. The van der Waals surface area contributed by atoms with Gasteiger partial charge in [-0.3, -0.25) is 14.3 Å².